The Labute approximate surface area is 269 Å². The Hall–Kier alpha value is -2.75. The van der Waals surface area contributed by atoms with Crippen molar-refractivity contribution in [3.63, 3.8) is 0 Å². The zero-order valence-electron chi connectivity index (χ0n) is 25.8. The highest BCUT2D eigenvalue weighted by Crippen LogP contribution is 2.57. The highest BCUT2D eigenvalue weighted by Gasteiger charge is 2.57. The van der Waals surface area contributed by atoms with Crippen LogP contribution >= 0.6 is 23.2 Å². The van der Waals surface area contributed by atoms with Gasteiger partial charge in [0.05, 0.1) is 10.4 Å². The maximum atomic E-state index is 14.2. The number of halogens is 3. The molecule has 242 valence electrons. The molecule has 1 spiro atoms. The van der Waals surface area contributed by atoms with Crippen LogP contribution in [0.2, 0.25) is 10.2 Å². The number of nitrogens with zero attached hydrogens (tertiary/aromatic N) is 1. The zero-order chi connectivity index (χ0) is 32.4. The van der Waals surface area contributed by atoms with Gasteiger partial charge in [-0.05, 0) is 73.6 Å². The van der Waals surface area contributed by atoms with E-state index in [1.165, 1.54) is 19.0 Å². The normalized spacial score (nSPS) is 22.2. The van der Waals surface area contributed by atoms with Gasteiger partial charge in [0.15, 0.2) is 0 Å². The third-order valence-corrected chi connectivity index (χ3v) is 9.89. The third-order valence-electron chi connectivity index (χ3n) is 9.39. The average molecular weight is 652 g/mol. The summed E-state index contributed by atoms with van der Waals surface area (Å²) in [5.74, 6) is -0.213. The predicted molar refractivity (Wildman–Crippen MR) is 172 cm³/mol. The summed E-state index contributed by atoms with van der Waals surface area (Å²) in [5.41, 5.74) is 1.54. The number of pyridine rings is 1. The van der Waals surface area contributed by atoms with Crippen LogP contribution in [0.4, 0.5) is 10.1 Å². The number of aliphatic carboxylic acids is 1. The van der Waals surface area contributed by atoms with Gasteiger partial charge < -0.3 is 21.1 Å². The van der Waals surface area contributed by atoms with Crippen LogP contribution in [0.25, 0.3) is 0 Å². The number of carbonyl (C=O) groups excluding carboxylic acids is 2. The molecule has 2 heterocycles. The summed E-state index contributed by atoms with van der Waals surface area (Å²) >= 11 is 11.4. The molecule has 0 radical (unpaired) electrons. The summed E-state index contributed by atoms with van der Waals surface area (Å²) in [5, 5.41) is 18.5. The van der Waals surface area contributed by atoms with Crippen LogP contribution in [0.5, 0.6) is 0 Å². The molecule has 2 aromatic rings. The number of hydrogen-bond acceptors (Lipinski definition) is 5. The minimum Gasteiger partial charge on any atom is -0.481 e. The molecule has 4 N–H and O–H groups in total. The third kappa shape index (κ3) is 9.14. The topological polar surface area (TPSA) is 120 Å². The summed E-state index contributed by atoms with van der Waals surface area (Å²) in [6.07, 6.45) is 11.4. The molecule has 2 amide bonds. The second kappa shape index (κ2) is 16.0. The van der Waals surface area contributed by atoms with Gasteiger partial charge in [0.1, 0.15) is 11.0 Å². The summed E-state index contributed by atoms with van der Waals surface area (Å²) < 4.78 is 14.2. The van der Waals surface area contributed by atoms with Crippen molar-refractivity contribution in [2.24, 2.45) is 16.7 Å². The lowest BCUT2D eigenvalue weighted by Gasteiger charge is -2.54. The van der Waals surface area contributed by atoms with E-state index in [1.807, 2.05) is 12.1 Å². The van der Waals surface area contributed by atoms with E-state index in [9.17, 15) is 23.9 Å². The first-order valence-electron chi connectivity index (χ1n) is 15.3. The Balaban J connectivity index is 0.000000190. The van der Waals surface area contributed by atoms with Gasteiger partial charge in [-0.15, -0.1) is 0 Å². The molecule has 2 unspecified atom stereocenters. The smallest absolute Gasteiger partial charge is 0.309 e. The Morgan fingerprint density at radius 3 is 2.43 bits per heavy atom. The van der Waals surface area contributed by atoms with E-state index < -0.39 is 11.4 Å². The zero-order valence-corrected chi connectivity index (χ0v) is 27.3. The van der Waals surface area contributed by atoms with Gasteiger partial charge in [0, 0.05) is 36.4 Å². The molecular formula is C33H45Cl2FN4O4. The largest absolute Gasteiger partial charge is 0.481 e. The van der Waals surface area contributed by atoms with Crippen molar-refractivity contribution in [1.82, 2.24) is 15.6 Å². The van der Waals surface area contributed by atoms with Crippen LogP contribution in [0.15, 0.2) is 36.5 Å². The Morgan fingerprint density at radius 1 is 1.14 bits per heavy atom. The predicted octanol–water partition coefficient (Wildman–Crippen LogP) is 7.21. The van der Waals surface area contributed by atoms with Crippen LogP contribution in [-0.2, 0) is 14.4 Å². The quantitative estimate of drug-likeness (QED) is 0.129. The molecule has 3 aliphatic rings. The maximum absolute atomic E-state index is 14.2. The first-order valence-corrected chi connectivity index (χ1v) is 16.1. The molecule has 1 saturated heterocycles. The fourth-order valence-electron chi connectivity index (χ4n) is 7.27. The molecule has 8 nitrogen and oxygen atoms in total. The van der Waals surface area contributed by atoms with Crippen molar-refractivity contribution in [2.75, 3.05) is 18.4 Å². The van der Waals surface area contributed by atoms with Crippen molar-refractivity contribution >= 4 is 47.7 Å². The molecular weight excluding hydrogens is 606 g/mol. The molecule has 3 fully saturated rings. The van der Waals surface area contributed by atoms with Crippen molar-refractivity contribution in [3.8, 4) is 0 Å². The summed E-state index contributed by atoms with van der Waals surface area (Å²) in [6.45, 7) is 8.30. The van der Waals surface area contributed by atoms with Crippen molar-refractivity contribution in [1.29, 1.82) is 0 Å². The monoisotopic (exact) mass is 650 g/mol. The second-order valence-corrected chi connectivity index (χ2v) is 13.8. The molecule has 2 saturated carbocycles. The van der Waals surface area contributed by atoms with E-state index >= 15 is 0 Å². The van der Waals surface area contributed by atoms with Gasteiger partial charge in [-0.1, -0.05) is 75.4 Å². The second-order valence-electron chi connectivity index (χ2n) is 13.0. The summed E-state index contributed by atoms with van der Waals surface area (Å²) in [4.78, 5) is 34.9. The maximum Gasteiger partial charge on any atom is 0.309 e. The molecule has 5 rings (SSSR count). The van der Waals surface area contributed by atoms with Gasteiger partial charge in [-0.25, -0.2) is 9.37 Å². The van der Waals surface area contributed by atoms with E-state index in [2.05, 4.69) is 41.7 Å². The number of aromatic nitrogens is 1. The number of rotatable bonds is 9. The van der Waals surface area contributed by atoms with Crippen LogP contribution < -0.4 is 16.0 Å². The highest BCUT2D eigenvalue weighted by molar-refractivity contribution is 6.30. The van der Waals surface area contributed by atoms with Gasteiger partial charge >= 0.3 is 5.97 Å². The number of carbonyl (C=O) groups is 3. The molecule has 1 aromatic carbocycles. The first-order chi connectivity index (χ1) is 20.9. The van der Waals surface area contributed by atoms with Crippen LogP contribution in [0, 0.1) is 22.6 Å². The van der Waals surface area contributed by atoms with E-state index in [0.717, 1.165) is 50.6 Å². The number of anilines is 1. The number of carboxylic acids is 1. The molecule has 1 aromatic heterocycles. The molecule has 1 aliphatic heterocycles. The summed E-state index contributed by atoms with van der Waals surface area (Å²) in [6, 6.07) is 8.57. The summed E-state index contributed by atoms with van der Waals surface area (Å²) in [7, 11) is 0. The Morgan fingerprint density at radius 2 is 1.84 bits per heavy atom. The van der Waals surface area contributed by atoms with Gasteiger partial charge in [0.2, 0.25) is 12.8 Å². The fraction of sp³-hybridized carbons (Fsp3) is 0.576. The van der Waals surface area contributed by atoms with Crippen molar-refractivity contribution < 1.29 is 23.9 Å². The number of hydrogen-bond donors (Lipinski definition) is 4. The Bertz CT molecular complexity index is 1260. The lowest BCUT2D eigenvalue weighted by molar-refractivity contribution is -0.151. The number of carboxylic acid groups (broad SMARTS) is 1. The first kappa shape index (κ1) is 35.7. The fourth-order valence-corrected chi connectivity index (χ4v) is 7.63. The standard InChI is InChI=1S/C16H21ClFN.C11H19NO3.C6H5ClN2O/c1-10-12(11-5-4-6-13(17)14(11)18)7-19-16(10)8-15(2,3)9-16;13-9-12-8-4-7-11(10(14)15)5-2-1-3-6-11;7-6-3-5(9-4-10)1-2-8-6/h4-6,10,12,19H,7-9H2,1-3H3;9H,1-8H2,(H,12,13)(H,14,15);1-4H,(H,8,9,10). The van der Waals surface area contributed by atoms with Crippen molar-refractivity contribution in [2.45, 2.75) is 90.0 Å². The van der Waals surface area contributed by atoms with Crippen molar-refractivity contribution in [3.05, 3.63) is 58.1 Å². The molecule has 0 bridgehead atoms. The van der Waals surface area contributed by atoms with Crippen LogP contribution in [-0.4, -0.2) is 47.5 Å². The van der Waals surface area contributed by atoms with Gasteiger partial charge in [-0.3, -0.25) is 14.4 Å². The lowest BCUT2D eigenvalue weighted by Crippen LogP contribution is -2.58. The number of amides is 2. The molecule has 44 heavy (non-hydrogen) atoms. The minimum atomic E-state index is -0.659. The SMILES string of the molecule is CC1C(c2cccc(Cl)c2F)CNC12CC(C)(C)C2.O=CNCCCC1(C(=O)O)CCCCC1.O=CNc1ccnc(Cl)c1. The van der Waals surface area contributed by atoms with Crippen LogP contribution in [0.3, 0.4) is 0 Å². The lowest BCUT2D eigenvalue weighted by atomic mass is 9.54. The van der Waals surface area contributed by atoms with Gasteiger partial charge in [-0.2, -0.15) is 0 Å². The van der Waals surface area contributed by atoms with E-state index in [1.54, 1.807) is 18.2 Å². The molecule has 2 aliphatic carbocycles. The van der Waals surface area contributed by atoms with Gasteiger partial charge in [0.25, 0.3) is 0 Å². The minimum absolute atomic E-state index is 0.211. The number of benzene rings is 1. The highest BCUT2D eigenvalue weighted by atomic mass is 35.5. The molecule has 11 heteroatoms. The van der Waals surface area contributed by atoms with E-state index in [0.29, 0.717) is 48.0 Å². The molecule has 2 atom stereocenters. The van der Waals surface area contributed by atoms with E-state index in [-0.39, 0.29) is 22.3 Å². The number of nitrogens with one attached hydrogen (secondary N) is 3. The Kier molecular flexibility index (Phi) is 13.0. The van der Waals surface area contributed by atoms with Crippen LogP contribution in [0.1, 0.15) is 90.0 Å². The average Bonchev–Trinajstić information content (AvgIpc) is 3.29. The van der Waals surface area contributed by atoms with E-state index in [4.69, 9.17) is 23.2 Å².